The van der Waals surface area contributed by atoms with Gasteiger partial charge in [-0.05, 0) is 39.5 Å². The van der Waals surface area contributed by atoms with E-state index in [0.29, 0.717) is 23.9 Å². The first kappa shape index (κ1) is 18.6. The van der Waals surface area contributed by atoms with Crippen molar-refractivity contribution in [2.45, 2.75) is 47.0 Å². The third-order valence-electron chi connectivity index (χ3n) is 5.82. The number of hydrogen-bond acceptors (Lipinski definition) is 4. The molecule has 1 amide bonds. The molecular weight excluding hydrogens is 350 g/mol. The number of aryl methyl sites for hydroxylation is 3. The molecule has 0 atom stereocenters. The lowest BCUT2D eigenvalue weighted by Gasteiger charge is -2.30. The molecule has 0 unspecified atom stereocenters. The number of carbonyl (C=O) groups is 1. The lowest BCUT2D eigenvalue weighted by molar-refractivity contribution is -0.131. The van der Waals surface area contributed by atoms with Gasteiger partial charge < -0.3 is 4.90 Å². The number of nitrogens with zero attached hydrogens (tertiary/aromatic N) is 5. The molecule has 1 fully saturated rings. The van der Waals surface area contributed by atoms with Crippen LogP contribution >= 0.6 is 0 Å². The SMILES string of the molecule is Cc1ccc(-c2nc3nc(C)c(CC(=O)N4CCC(C)CC4)c(C)n3n2)cc1. The van der Waals surface area contributed by atoms with E-state index in [1.54, 1.807) is 4.52 Å². The first-order chi connectivity index (χ1) is 13.4. The van der Waals surface area contributed by atoms with Gasteiger partial charge in [-0.15, -0.1) is 5.10 Å². The van der Waals surface area contributed by atoms with Gasteiger partial charge in [0.1, 0.15) is 0 Å². The van der Waals surface area contributed by atoms with Crippen molar-refractivity contribution in [2.75, 3.05) is 13.1 Å². The summed E-state index contributed by atoms with van der Waals surface area (Å²) in [6.45, 7) is 9.97. The van der Waals surface area contributed by atoms with Crippen LogP contribution in [0.2, 0.25) is 0 Å². The summed E-state index contributed by atoms with van der Waals surface area (Å²) in [6, 6.07) is 8.15. The van der Waals surface area contributed by atoms with Crippen LogP contribution in [-0.4, -0.2) is 43.5 Å². The van der Waals surface area contributed by atoms with E-state index in [1.165, 1.54) is 5.56 Å². The van der Waals surface area contributed by atoms with Gasteiger partial charge in [-0.1, -0.05) is 36.8 Å². The molecule has 2 aromatic heterocycles. The van der Waals surface area contributed by atoms with Crippen LogP contribution < -0.4 is 0 Å². The first-order valence-corrected chi connectivity index (χ1v) is 10.00. The van der Waals surface area contributed by atoms with Crippen molar-refractivity contribution in [3.8, 4) is 11.4 Å². The lowest BCUT2D eigenvalue weighted by atomic mass is 9.98. The van der Waals surface area contributed by atoms with Crippen LogP contribution in [-0.2, 0) is 11.2 Å². The van der Waals surface area contributed by atoms with Gasteiger partial charge >= 0.3 is 0 Å². The minimum absolute atomic E-state index is 0.179. The van der Waals surface area contributed by atoms with Crippen LogP contribution in [0, 0.1) is 26.7 Å². The number of benzene rings is 1. The van der Waals surface area contributed by atoms with Crippen molar-refractivity contribution >= 4 is 11.7 Å². The predicted molar refractivity (Wildman–Crippen MR) is 109 cm³/mol. The summed E-state index contributed by atoms with van der Waals surface area (Å²) in [4.78, 5) is 24.0. The van der Waals surface area contributed by atoms with Crippen molar-refractivity contribution in [1.29, 1.82) is 0 Å². The Kier molecular flexibility index (Phi) is 4.87. The highest BCUT2D eigenvalue weighted by Crippen LogP contribution is 2.21. The monoisotopic (exact) mass is 377 g/mol. The van der Waals surface area contributed by atoms with Gasteiger partial charge in [0, 0.05) is 35.6 Å². The van der Waals surface area contributed by atoms with Crippen molar-refractivity contribution in [1.82, 2.24) is 24.5 Å². The van der Waals surface area contributed by atoms with Gasteiger partial charge in [0.05, 0.1) is 6.42 Å². The predicted octanol–water partition coefficient (Wildman–Crippen LogP) is 3.52. The summed E-state index contributed by atoms with van der Waals surface area (Å²) in [5.74, 6) is 2.12. The highest BCUT2D eigenvalue weighted by Gasteiger charge is 2.23. The number of aromatic nitrogens is 4. The summed E-state index contributed by atoms with van der Waals surface area (Å²) in [6.07, 6.45) is 2.54. The third-order valence-corrected chi connectivity index (χ3v) is 5.82. The van der Waals surface area contributed by atoms with Gasteiger partial charge in [0.15, 0.2) is 5.82 Å². The average Bonchev–Trinajstić information content (AvgIpc) is 3.10. The van der Waals surface area contributed by atoms with Crippen LogP contribution in [0.1, 0.15) is 42.3 Å². The molecule has 1 saturated heterocycles. The molecular formula is C22H27N5O. The van der Waals surface area contributed by atoms with Gasteiger partial charge in [-0.25, -0.2) is 9.50 Å². The molecule has 0 aliphatic carbocycles. The molecule has 146 valence electrons. The maximum absolute atomic E-state index is 12.8. The standard InChI is InChI=1S/C22H27N5O/c1-14-5-7-18(8-6-14)21-24-22-23-16(3)19(17(4)27(22)25-21)13-20(28)26-11-9-15(2)10-12-26/h5-8,15H,9-13H2,1-4H3. The molecule has 3 heterocycles. The number of likely N-dealkylation sites (tertiary alicyclic amines) is 1. The third kappa shape index (κ3) is 3.51. The van der Waals surface area contributed by atoms with Crippen LogP contribution in [0.4, 0.5) is 0 Å². The van der Waals surface area contributed by atoms with Crippen LogP contribution in [0.5, 0.6) is 0 Å². The summed E-state index contributed by atoms with van der Waals surface area (Å²) in [5.41, 5.74) is 4.91. The molecule has 1 aliphatic heterocycles. The molecule has 0 bridgehead atoms. The van der Waals surface area contributed by atoms with Crippen molar-refractivity contribution in [3.63, 3.8) is 0 Å². The van der Waals surface area contributed by atoms with E-state index < -0.39 is 0 Å². The molecule has 0 spiro atoms. The van der Waals surface area contributed by atoms with Crippen molar-refractivity contribution < 1.29 is 4.79 Å². The summed E-state index contributed by atoms with van der Waals surface area (Å²) < 4.78 is 1.77. The Labute approximate surface area is 165 Å². The maximum Gasteiger partial charge on any atom is 0.253 e. The zero-order chi connectivity index (χ0) is 19.8. The zero-order valence-electron chi connectivity index (χ0n) is 17.1. The molecule has 1 aromatic carbocycles. The highest BCUT2D eigenvalue weighted by molar-refractivity contribution is 5.79. The number of rotatable bonds is 3. The molecule has 6 heteroatoms. The Balaban J connectivity index is 1.64. The Morgan fingerprint density at radius 2 is 1.75 bits per heavy atom. The number of amides is 1. The normalized spacial score (nSPS) is 15.4. The summed E-state index contributed by atoms with van der Waals surface area (Å²) >= 11 is 0. The smallest absolute Gasteiger partial charge is 0.253 e. The average molecular weight is 377 g/mol. The molecule has 0 radical (unpaired) electrons. The van der Waals surface area contributed by atoms with Crippen molar-refractivity contribution in [2.24, 2.45) is 5.92 Å². The topological polar surface area (TPSA) is 63.4 Å². The molecule has 0 saturated carbocycles. The van der Waals surface area contributed by atoms with Crippen LogP contribution in [0.3, 0.4) is 0 Å². The molecule has 3 aromatic rings. The van der Waals surface area contributed by atoms with E-state index >= 15 is 0 Å². The minimum atomic E-state index is 0.179. The highest BCUT2D eigenvalue weighted by atomic mass is 16.2. The first-order valence-electron chi connectivity index (χ1n) is 10.00. The molecule has 28 heavy (non-hydrogen) atoms. The van der Waals surface area contributed by atoms with E-state index in [0.717, 1.165) is 48.4 Å². The molecule has 0 N–H and O–H groups in total. The number of piperidine rings is 1. The zero-order valence-corrected chi connectivity index (χ0v) is 17.1. The summed E-state index contributed by atoms with van der Waals surface area (Å²) in [5, 5.41) is 4.66. The van der Waals surface area contributed by atoms with E-state index in [1.807, 2.05) is 30.9 Å². The van der Waals surface area contributed by atoms with Crippen molar-refractivity contribution in [3.05, 3.63) is 46.8 Å². The minimum Gasteiger partial charge on any atom is -0.342 e. The Hall–Kier alpha value is -2.76. The van der Waals surface area contributed by atoms with Gasteiger partial charge in [-0.3, -0.25) is 4.79 Å². The maximum atomic E-state index is 12.8. The van der Waals surface area contributed by atoms with Gasteiger partial charge in [-0.2, -0.15) is 4.98 Å². The van der Waals surface area contributed by atoms with E-state index in [2.05, 4.69) is 41.0 Å². The second-order valence-corrected chi connectivity index (χ2v) is 8.01. The van der Waals surface area contributed by atoms with E-state index in [-0.39, 0.29) is 5.91 Å². The van der Waals surface area contributed by atoms with Crippen LogP contribution in [0.15, 0.2) is 24.3 Å². The lowest BCUT2D eigenvalue weighted by Crippen LogP contribution is -2.39. The molecule has 4 rings (SSSR count). The Morgan fingerprint density at radius 3 is 2.43 bits per heavy atom. The quantitative estimate of drug-likeness (QED) is 0.701. The Morgan fingerprint density at radius 1 is 1.07 bits per heavy atom. The fraction of sp³-hybridized carbons (Fsp3) is 0.455. The summed E-state index contributed by atoms with van der Waals surface area (Å²) in [7, 11) is 0. The second-order valence-electron chi connectivity index (χ2n) is 8.01. The van der Waals surface area contributed by atoms with Crippen LogP contribution in [0.25, 0.3) is 17.2 Å². The number of carbonyl (C=O) groups excluding carboxylic acids is 1. The van der Waals surface area contributed by atoms with Gasteiger partial charge in [0.2, 0.25) is 5.91 Å². The van der Waals surface area contributed by atoms with Gasteiger partial charge in [0.25, 0.3) is 5.78 Å². The second kappa shape index (κ2) is 7.34. The number of hydrogen-bond donors (Lipinski definition) is 0. The number of fused-ring (bicyclic) bond motifs is 1. The van der Waals surface area contributed by atoms with E-state index in [9.17, 15) is 4.79 Å². The fourth-order valence-electron chi connectivity index (χ4n) is 3.81. The molecule has 1 aliphatic rings. The Bertz CT molecular complexity index is 1010. The largest absolute Gasteiger partial charge is 0.342 e. The van der Waals surface area contributed by atoms with E-state index in [4.69, 9.17) is 0 Å². The molecule has 6 nitrogen and oxygen atoms in total. The fourth-order valence-corrected chi connectivity index (χ4v) is 3.81.